The first-order valence-corrected chi connectivity index (χ1v) is 5.67. The van der Waals surface area contributed by atoms with Crippen molar-refractivity contribution < 1.29 is 5.11 Å². The van der Waals surface area contributed by atoms with Crippen LogP contribution in [0.5, 0.6) is 0 Å². The van der Waals surface area contributed by atoms with Crippen LogP contribution < -0.4 is 0 Å². The molecule has 1 heterocycles. The Balaban J connectivity index is 2.59. The zero-order valence-corrected chi connectivity index (χ0v) is 9.74. The van der Waals surface area contributed by atoms with Crippen molar-refractivity contribution in [3.8, 4) is 0 Å². The lowest BCUT2D eigenvalue weighted by Crippen LogP contribution is -1.98. The number of rotatable bonds is 6. The van der Waals surface area contributed by atoms with Crippen LogP contribution in [-0.4, -0.2) is 9.67 Å². The van der Waals surface area contributed by atoms with E-state index < -0.39 is 0 Å². The van der Waals surface area contributed by atoms with Gasteiger partial charge in [-0.1, -0.05) is 32.4 Å². The van der Waals surface area contributed by atoms with Crippen LogP contribution in [0, 0.1) is 0 Å². The van der Waals surface area contributed by atoms with Gasteiger partial charge in [-0.15, -0.1) is 0 Å². The predicted octanol–water partition coefficient (Wildman–Crippen LogP) is 3.29. The van der Waals surface area contributed by atoms with Gasteiger partial charge in [0.15, 0.2) is 0 Å². The molecule has 0 aliphatic carbocycles. The van der Waals surface area contributed by atoms with E-state index in [2.05, 4.69) is 25.0 Å². The summed E-state index contributed by atoms with van der Waals surface area (Å²) in [6, 6.07) is 1.99. The number of aliphatic hydroxyl groups is 1. The van der Waals surface area contributed by atoms with Crippen molar-refractivity contribution in [2.75, 3.05) is 0 Å². The van der Waals surface area contributed by atoms with Gasteiger partial charge in [0.2, 0.25) is 0 Å². The maximum atomic E-state index is 9.79. The maximum absolute atomic E-state index is 9.79. The molecule has 0 radical (unpaired) electrons. The number of allylic oxidation sites excluding steroid dienone is 1. The van der Waals surface area contributed by atoms with Crippen LogP contribution in [-0.2, 0) is 6.54 Å². The largest absolute Gasteiger partial charge is 0.388 e. The van der Waals surface area contributed by atoms with Gasteiger partial charge in [0.1, 0.15) is 0 Å². The van der Waals surface area contributed by atoms with Crippen molar-refractivity contribution in [1.82, 2.24) is 4.57 Å². The minimum Gasteiger partial charge on any atom is -0.388 e. The van der Waals surface area contributed by atoms with Crippen molar-refractivity contribution in [3.05, 3.63) is 36.2 Å². The molecule has 2 heteroatoms. The molecule has 84 valence electrons. The predicted molar refractivity (Wildman–Crippen MR) is 63.7 cm³/mol. The summed E-state index contributed by atoms with van der Waals surface area (Å²) in [5, 5.41) is 9.79. The van der Waals surface area contributed by atoms with Crippen molar-refractivity contribution >= 4 is 0 Å². The molecule has 0 fully saturated rings. The number of hydrogen-bond donors (Lipinski definition) is 1. The molecule has 1 rings (SSSR count). The van der Waals surface area contributed by atoms with Gasteiger partial charge in [0, 0.05) is 18.9 Å². The Labute approximate surface area is 92.2 Å². The van der Waals surface area contributed by atoms with Gasteiger partial charge < -0.3 is 9.67 Å². The average Bonchev–Trinajstić information content (AvgIpc) is 2.66. The summed E-state index contributed by atoms with van der Waals surface area (Å²) < 4.78 is 2.08. The normalized spacial score (nSPS) is 12.7. The molecule has 1 aromatic rings. The molecule has 0 bridgehead atoms. The lowest BCUT2D eigenvalue weighted by atomic mass is 10.1. The lowest BCUT2D eigenvalue weighted by molar-refractivity contribution is 0.166. The molecule has 0 amide bonds. The molecule has 2 nitrogen and oxygen atoms in total. The fraction of sp³-hybridized carbons (Fsp3) is 0.538. The molecule has 15 heavy (non-hydrogen) atoms. The smallest absolute Gasteiger partial charge is 0.0804 e. The third-order valence-corrected chi connectivity index (χ3v) is 2.63. The highest BCUT2D eigenvalue weighted by molar-refractivity contribution is 5.14. The van der Waals surface area contributed by atoms with E-state index in [0.29, 0.717) is 0 Å². The van der Waals surface area contributed by atoms with Crippen LogP contribution in [0.3, 0.4) is 0 Å². The summed E-state index contributed by atoms with van der Waals surface area (Å²) in [7, 11) is 0. The summed E-state index contributed by atoms with van der Waals surface area (Å²) in [5.74, 6) is 0. The van der Waals surface area contributed by atoms with E-state index in [0.717, 1.165) is 31.4 Å². The van der Waals surface area contributed by atoms with Crippen molar-refractivity contribution in [1.29, 1.82) is 0 Å². The van der Waals surface area contributed by atoms with Gasteiger partial charge in [-0.25, -0.2) is 0 Å². The Hall–Kier alpha value is -1.02. The van der Waals surface area contributed by atoms with Gasteiger partial charge in [0.25, 0.3) is 0 Å². The Morgan fingerprint density at radius 1 is 1.53 bits per heavy atom. The highest BCUT2D eigenvalue weighted by Crippen LogP contribution is 2.18. The summed E-state index contributed by atoms with van der Waals surface area (Å²) in [6.07, 6.45) is 6.56. The van der Waals surface area contributed by atoms with Crippen molar-refractivity contribution in [2.24, 2.45) is 0 Å². The zero-order chi connectivity index (χ0) is 11.3. The van der Waals surface area contributed by atoms with E-state index in [1.54, 1.807) is 0 Å². The summed E-state index contributed by atoms with van der Waals surface area (Å²) in [6.45, 7) is 9.02. The fourth-order valence-electron chi connectivity index (χ4n) is 1.56. The van der Waals surface area contributed by atoms with E-state index in [-0.39, 0.29) is 6.10 Å². The van der Waals surface area contributed by atoms with E-state index in [9.17, 15) is 5.11 Å². The minimum absolute atomic E-state index is 0.314. The average molecular weight is 207 g/mol. The third kappa shape index (κ3) is 3.56. The Kier molecular flexibility index (Phi) is 4.63. The van der Waals surface area contributed by atoms with Gasteiger partial charge in [-0.2, -0.15) is 0 Å². The highest BCUT2D eigenvalue weighted by Gasteiger charge is 2.07. The maximum Gasteiger partial charge on any atom is 0.0804 e. The Morgan fingerprint density at radius 2 is 2.27 bits per heavy atom. The molecule has 1 N–H and O–H groups in total. The standard InChI is InChI=1S/C13H21NO/c1-4-6-13(15)12-7-8-14(10-12)9-11(3)5-2/h7-8,10,13,15H,3-6,9H2,1-2H3. The molecule has 0 saturated carbocycles. The molecule has 0 aliphatic rings. The SMILES string of the molecule is C=C(CC)Cn1ccc(C(O)CCC)c1. The molecule has 0 spiro atoms. The van der Waals surface area contributed by atoms with Crippen molar-refractivity contribution in [3.63, 3.8) is 0 Å². The second kappa shape index (κ2) is 5.76. The first kappa shape index (κ1) is 12.1. The van der Waals surface area contributed by atoms with Crippen LogP contribution in [0.2, 0.25) is 0 Å². The first-order chi connectivity index (χ1) is 7.17. The molecule has 0 aliphatic heterocycles. The summed E-state index contributed by atoms with van der Waals surface area (Å²) in [4.78, 5) is 0. The van der Waals surface area contributed by atoms with Crippen LogP contribution >= 0.6 is 0 Å². The van der Waals surface area contributed by atoms with Gasteiger partial charge in [0.05, 0.1) is 6.10 Å². The molecular weight excluding hydrogens is 186 g/mol. The van der Waals surface area contributed by atoms with Gasteiger partial charge >= 0.3 is 0 Å². The lowest BCUT2D eigenvalue weighted by Gasteiger charge is -2.07. The fourth-order valence-corrected chi connectivity index (χ4v) is 1.56. The second-order valence-electron chi connectivity index (χ2n) is 4.03. The van der Waals surface area contributed by atoms with Crippen LogP contribution in [0.1, 0.15) is 44.8 Å². The molecular formula is C13H21NO. The number of aromatic nitrogens is 1. The molecule has 0 saturated heterocycles. The molecule has 1 unspecified atom stereocenters. The first-order valence-electron chi connectivity index (χ1n) is 5.67. The van der Waals surface area contributed by atoms with E-state index in [4.69, 9.17) is 0 Å². The molecule has 1 atom stereocenters. The zero-order valence-electron chi connectivity index (χ0n) is 9.74. The number of nitrogens with zero attached hydrogens (tertiary/aromatic N) is 1. The quantitative estimate of drug-likeness (QED) is 0.711. The Bertz CT molecular complexity index is 314. The molecule has 1 aromatic heterocycles. The Morgan fingerprint density at radius 3 is 2.87 bits per heavy atom. The van der Waals surface area contributed by atoms with E-state index in [1.807, 2.05) is 18.5 Å². The molecule has 0 aromatic carbocycles. The highest BCUT2D eigenvalue weighted by atomic mass is 16.3. The van der Waals surface area contributed by atoms with Crippen LogP contribution in [0.25, 0.3) is 0 Å². The summed E-state index contributed by atoms with van der Waals surface area (Å²) in [5.41, 5.74) is 2.22. The van der Waals surface area contributed by atoms with Crippen molar-refractivity contribution in [2.45, 2.75) is 45.8 Å². The van der Waals surface area contributed by atoms with Crippen LogP contribution in [0.15, 0.2) is 30.6 Å². The third-order valence-electron chi connectivity index (χ3n) is 2.63. The number of hydrogen-bond acceptors (Lipinski definition) is 1. The van der Waals surface area contributed by atoms with Gasteiger partial charge in [-0.3, -0.25) is 0 Å². The van der Waals surface area contributed by atoms with Crippen LogP contribution in [0.4, 0.5) is 0 Å². The summed E-state index contributed by atoms with van der Waals surface area (Å²) >= 11 is 0. The van der Waals surface area contributed by atoms with E-state index in [1.165, 1.54) is 5.57 Å². The second-order valence-corrected chi connectivity index (χ2v) is 4.03. The minimum atomic E-state index is -0.314. The topological polar surface area (TPSA) is 25.2 Å². The monoisotopic (exact) mass is 207 g/mol. The number of aliphatic hydroxyl groups excluding tert-OH is 1. The van der Waals surface area contributed by atoms with E-state index >= 15 is 0 Å². The van der Waals surface area contributed by atoms with Gasteiger partial charge in [-0.05, 0) is 24.5 Å².